The number of fused-ring (bicyclic) bond motifs is 3. The van der Waals surface area contributed by atoms with Gasteiger partial charge in [-0.3, -0.25) is 28.0 Å². The predicted octanol–water partition coefficient (Wildman–Crippen LogP) is 4.96. The number of aryl methyl sites for hydroxylation is 1. The van der Waals surface area contributed by atoms with Crippen LogP contribution in [0.2, 0.25) is 0 Å². The maximum absolute atomic E-state index is 14.3. The molecule has 236 valence electrons. The molecule has 2 amide bonds. The maximum atomic E-state index is 14.3. The fourth-order valence-electron chi connectivity index (χ4n) is 5.84. The van der Waals surface area contributed by atoms with Crippen molar-refractivity contribution >= 4 is 41.0 Å². The smallest absolute Gasteiger partial charge is 0.326 e. The van der Waals surface area contributed by atoms with Crippen molar-refractivity contribution in [1.82, 2.24) is 24.0 Å². The van der Waals surface area contributed by atoms with Gasteiger partial charge in [0.1, 0.15) is 12.4 Å². The Labute approximate surface area is 269 Å². The normalized spacial score (nSPS) is 17.6. The number of rotatable bonds is 8. The van der Waals surface area contributed by atoms with E-state index in [4.69, 9.17) is 9.62 Å². The Morgan fingerprint density at radius 3 is 2.49 bits per heavy atom. The number of amides is 2. The molecule has 0 radical (unpaired) electrons. The van der Waals surface area contributed by atoms with Crippen molar-refractivity contribution < 1.29 is 23.6 Å². The first-order chi connectivity index (χ1) is 21.3. The quantitative estimate of drug-likeness (QED) is 0.204. The number of carbonyl (C=O) groups is 2. The molecular weight excluding hydrogens is 661 g/mol. The summed E-state index contributed by atoms with van der Waals surface area (Å²) >= 11 is 3.51. The van der Waals surface area contributed by atoms with E-state index in [0.717, 1.165) is 41.5 Å². The van der Waals surface area contributed by atoms with E-state index in [1.165, 1.54) is 11.9 Å². The molecule has 45 heavy (non-hydrogen) atoms. The summed E-state index contributed by atoms with van der Waals surface area (Å²) in [7, 11) is -2.26. The number of benzene rings is 2. The van der Waals surface area contributed by atoms with Crippen molar-refractivity contribution in [2.24, 2.45) is 5.92 Å². The topological polar surface area (TPSA) is 126 Å². The summed E-state index contributed by atoms with van der Waals surface area (Å²) < 4.78 is 20.8. The molecule has 1 fully saturated rings. The summed E-state index contributed by atoms with van der Waals surface area (Å²) in [6.45, 7) is 4.88. The maximum Gasteiger partial charge on any atom is 0.326 e. The fraction of sp³-hybridized carbons (Fsp3) is 0.375. The predicted molar refractivity (Wildman–Crippen MR) is 173 cm³/mol. The zero-order valence-electron chi connectivity index (χ0n) is 25.6. The molecule has 2 atom stereocenters. The first-order valence-corrected chi connectivity index (χ1v) is 17.7. The van der Waals surface area contributed by atoms with Gasteiger partial charge in [-0.1, -0.05) is 15.9 Å². The van der Waals surface area contributed by atoms with Crippen LogP contribution in [0.5, 0.6) is 0 Å². The zero-order chi connectivity index (χ0) is 32.2. The molecule has 3 heterocycles. The third-order valence-electron chi connectivity index (χ3n) is 8.53. The summed E-state index contributed by atoms with van der Waals surface area (Å²) in [5.74, 6) is 0.0606. The molecule has 1 N–H and O–H groups in total. The van der Waals surface area contributed by atoms with E-state index in [1.54, 1.807) is 28.8 Å². The van der Waals surface area contributed by atoms with Crippen molar-refractivity contribution in [3.05, 3.63) is 97.0 Å². The van der Waals surface area contributed by atoms with E-state index in [1.807, 2.05) is 47.7 Å². The van der Waals surface area contributed by atoms with Gasteiger partial charge in [0.15, 0.2) is 0 Å². The van der Waals surface area contributed by atoms with Crippen LogP contribution in [0.15, 0.2) is 57.9 Å². The van der Waals surface area contributed by atoms with Gasteiger partial charge in [-0.25, -0.2) is 4.52 Å². The lowest BCUT2D eigenvalue weighted by Gasteiger charge is -2.35. The van der Waals surface area contributed by atoms with Crippen LogP contribution in [0.3, 0.4) is 0 Å². The second kappa shape index (κ2) is 12.0. The molecule has 1 saturated carbocycles. The molecular formula is C32H35BrN5O6P. The van der Waals surface area contributed by atoms with Gasteiger partial charge in [-0.15, -0.1) is 0 Å². The van der Waals surface area contributed by atoms with Crippen LogP contribution < -0.4 is 5.56 Å². The number of aromatic nitrogens is 3. The molecule has 2 unspecified atom stereocenters. The second-order valence-corrected chi connectivity index (χ2v) is 14.9. The molecule has 2 aliphatic rings. The number of hydrogen-bond acceptors (Lipinski definition) is 6. The Bertz CT molecular complexity index is 1930. The highest BCUT2D eigenvalue weighted by molar-refractivity contribution is 9.10. The van der Waals surface area contributed by atoms with Crippen molar-refractivity contribution in [3.63, 3.8) is 0 Å². The standard InChI is InChI=1S/C32H35BrN5O6P/c1-19-13-23(9-12-27(19)33)31(40)36-17-28-26(14-20(36)2)32(41)37(29-24(15-21-5-6-21)16-34-38(28)29)25-10-7-22(8-11-25)30(39)35(3)18-44-45(4,42)43/h7-13,16,20-21H,5-6,14-15,17-18H2,1-4H3,(H,42,43). The molecule has 0 bridgehead atoms. The lowest BCUT2D eigenvalue weighted by atomic mass is 9.98. The van der Waals surface area contributed by atoms with Gasteiger partial charge >= 0.3 is 7.60 Å². The Balaban J connectivity index is 1.39. The monoisotopic (exact) mass is 695 g/mol. The SMILES string of the molecule is Cc1cc(C(=O)N2Cc3c(c(=O)n(-c4ccc(C(=O)N(C)COP(C)(=O)O)cc4)c4c(CC5CC5)cnn34)CC2C)ccc1Br. The first-order valence-electron chi connectivity index (χ1n) is 14.8. The first kappa shape index (κ1) is 31.4. The average molecular weight is 697 g/mol. The van der Waals surface area contributed by atoms with Gasteiger partial charge in [-0.05, 0) is 93.5 Å². The summed E-state index contributed by atoms with van der Waals surface area (Å²) in [4.78, 5) is 53.4. The number of hydrogen-bond donors (Lipinski definition) is 1. The molecule has 0 spiro atoms. The van der Waals surface area contributed by atoms with E-state index in [2.05, 4.69) is 15.9 Å². The van der Waals surface area contributed by atoms with E-state index in [0.29, 0.717) is 46.1 Å². The molecule has 11 nitrogen and oxygen atoms in total. The van der Waals surface area contributed by atoms with Gasteiger partial charge in [0.25, 0.3) is 17.4 Å². The molecule has 6 rings (SSSR count). The second-order valence-electron chi connectivity index (χ2n) is 12.2. The van der Waals surface area contributed by atoms with Crippen molar-refractivity contribution in [2.75, 3.05) is 20.4 Å². The van der Waals surface area contributed by atoms with Crippen LogP contribution in [0.25, 0.3) is 11.3 Å². The molecule has 1 aliphatic carbocycles. The molecule has 0 saturated heterocycles. The summed E-state index contributed by atoms with van der Waals surface area (Å²) in [5, 5.41) is 4.76. The van der Waals surface area contributed by atoms with E-state index in [-0.39, 0.29) is 30.8 Å². The van der Waals surface area contributed by atoms with Crippen LogP contribution in [-0.4, -0.2) is 67.2 Å². The average Bonchev–Trinajstić information content (AvgIpc) is 3.74. The van der Waals surface area contributed by atoms with Crippen molar-refractivity contribution in [3.8, 4) is 5.69 Å². The number of nitrogens with zero attached hydrogens (tertiary/aromatic N) is 5. The van der Waals surface area contributed by atoms with Gasteiger partial charge in [0.2, 0.25) is 0 Å². The lowest BCUT2D eigenvalue weighted by Crippen LogP contribution is -2.46. The van der Waals surface area contributed by atoms with Crippen LogP contribution in [0.4, 0.5) is 0 Å². The molecule has 1 aliphatic heterocycles. The molecule has 2 aromatic carbocycles. The van der Waals surface area contributed by atoms with Gasteiger partial charge < -0.3 is 14.7 Å². The summed E-state index contributed by atoms with van der Waals surface area (Å²) in [6.07, 6.45) is 5.27. The Morgan fingerprint density at radius 1 is 1.16 bits per heavy atom. The fourth-order valence-corrected chi connectivity index (χ4v) is 6.48. The zero-order valence-corrected chi connectivity index (χ0v) is 28.0. The minimum Gasteiger partial charge on any atom is -0.330 e. The van der Waals surface area contributed by atoms with E-state index in [9.17, 15) is 23.8 Å². The van der Waals surface area contributed by atoms with E-state index < -0.39 is 13.5 Å². The van der Waals surface area contributed by atoms with Crippen molar-refractivity contribution in [1.29, 1.82) is 0 Å². The molecule has 2 aromatic heterocycles. The molecule has 4 aromatic rings. The molecule has 13 heteroatoms. The highest BCUT2D eigenvalue weighted by atomic mass is 79.9. The Hall–Kier alpha value is -3.57. The largest absolute Gasteiger partial charge is 0.330 e. The van der Waals surface area contributed by atoms with Crippen molar-refractivity contribution in [2.45, 2.75) is 52.1 Å². The summed E-state index contributed by atoms with van der Waals surface area (Å²) in [6, 6.07) is 12.0. The van der Waals surface area contributed by atoms with Crippen LogP contribution in [0.1, 0.15) is 62.9 Å². The number of halogens is 1. The minimum atomic E-state index is -3.74. The highest BCUT2D eigenvalue weighted by Crippen LogP contribution is 2.37. The Kier molecular flexibility index (Phi) is 8.36. The summed E-state index contributed by atoms with van der Waals surface area (Å²) in [5.41, 5.74) is 5.27. The van der Waals surface area contributed by atoms with Crippen LogP contribution in [-0.2, 0) is 28.5 Å². The van der Waals surface area contributed by atoms with Gasteiger partial charge in [-0.2, -0.15) is 5.10 Å². The highest BCUT2D eigenvalue weighted by Gasteiger charge is 2.34. The Morgan fingerprint density at radius 2 is 1.84 bits per heavy atom. The van der Waals surface area contributed by atoms with E-state index >= 15 is 0 Å². The third-order valence-corrected chi connectivity index (χ3v) is 10.0. The number of carbonyl (C=O) groups excluding carboxylic acids is 2. The third kappa shape index (κ3) is 6.29. The van der Waals surface area contributed by atoms with Gasteiger partial charge in [0, 0.05) is 46.5 Å². The lowest BCUT2D eigenvalue weighted by molar-refractivity contribution is 0.0642. The minimum absolute atomic E-state index is 0.0946. The van der Waals surface area contributed by atoms with Gasteiger partial charge in [0.05, 0.1) is 24.1 Å². The van der Waals surface area contributed by atoms with Crippen LogP contribution in [0, 0.1) is 12.8 Å². The van der Waals surface area contributed by atoms with Crippen LogP contribution >= 0.6 is 23.5 Å².